The SMILES string of the molecule is O=C1CC(Nc2ccc(F)c(F)c2F)CCCN1. The highest BCUT2D eigenvalue weighted by Gasteiger charge is 2.20. The summed E-state index contributed by atoms with van der Waals surface area (Å²) in [6.45, 7) is 0.581. The molecule has 0 saturated carbocycles. The molecule has 1 amide bonds. The number of hydrogen-bond acceptors (Lipinski definition) is 2. The maximum Gasteiger partial charge on any atom is 0.222 e. The van der Waals surface area contributed by atoms with Crippen LogP contribution in [0, 0.1) is 17.5 Å². The number of carbonyl (C=O) groups excluding carboxylic acids is 1. The van der Waals surface area contributed by atoms with E-state index in [1.807, 2.05) is 0 Å². The Morgan fingerprint density at radius 1 is 1.22 bits per heavy atom. The number of halogens is 3. The Kier molecular flexibility index (Phi) is 3.74. The zero-order valence-electron chi connectivity index (χ0n) is 9.60. The molecule has 1 heterocycles. The molecule has 2 rings (SSSR count). The van der Waals surface area contributed by atoms with Gasteiger partial charge in [0.2, 0.25) is 5.91 Å². The lowest BCUT2D eigenvalue weighted by Gasteiger charge is -2.17. The van der Waals surface area contributed by atoms with Crippen LogP contribution in [0.3, 0.4) is 0 Å². The molecule has 3 nitrogen and oxygen atoms in total. The fourth-order valence-corrected chi connectivity index (χ4v) is 1.95. The van der Waals surface area contributed by atoms with E-state index in [1.54, 1.807) is 0 Å². The first-order chi connectivity index (χ1) is 8.58. The van der Waals surface area contributed by atoms with Gasteiger partial charge in [-0.1, -0.05) is 0 Å². The summed E-state index contributed by atoms with van der Waals surface area (Å²) in [7, 11) is 0. The van der Waals surface area contributed by atoms with Crippen LogP contribution in [0.15, 0.2) is 12.1 Å². The molecule has 0 aliphatic carbocycles. The van der Waals surface area contributed by atoms with Gasteiger partial charge >= 0.3 is 0 Å². The molecule has 2 N–H and O–H groups in total. The van der Waals surface area contributed by atoms with E-state index in [0.29, 0.717) is 13.0 Å². The predicted octanol–water partition coefficient (Wildman–Crippen LogP) is 2.18. The van der Waals surface area contributed by atoms with Crippen LogP contribution in [0.4, 0.5) is 18.9 Å². The summed E-state index contributed by atoms with van der Waals surface area (Å²) < 4.78 is 39.2. The van der Waals surface area contributed by atoms with Crippen molar-refractivity contribution in [2.75, 3.05) is 11.9 Å². The minimum atomic E-state index is -1.50. The van der Waals surface area contributed by atoms with Crippen LogP contribution in [0.5, 0.6) is 0 Å². The van der Waals surface area contributed by atoms with Crippen molar-refractivity contribution in [3.05, 3.63) is 29.6 Å². The van der Waals surface area contributed by atoms with E-state index in [0.717, 1.165) is 18.6 Å². The van der Waals surface area contributed by atoms with Crippen molar-refractivity contribution in [1.29, 1.82) is 0 Å². The minimum absolute atomic E-state index is 0.117. The molecule has 0 spiro atoms. The number of hydrogen-bond donors (Lipinski definition) is 2. The predicted molar refractivity (Wildman–Crippen MR) is 60.6 cm³/mol. The van der Waals surface area contributed by atoms with E-state index in [1.165, 1.54) is 0 Å². The van der Waals surface area contributed by atoms with Crippen molar-refractivity contribution >= 4 is 11.6 Å². The molecular weight excluding hydrogens is 245 g/mol. The van der Waals surface area contributed by atoms with E-state index >= 15 is 0 Å². The monoisotopic (exact) mass is 258 g/mol. The second-order valence-corrected chi connectivity index (χ2v) is 4.26. The third-order valence-corrected chi connectivity index (χ3v) is 2.88. The van der Waals surface area contributed by atoms with Crippen LogP contribution < -0.4 is 10.6 Å². The van der Waals surface area contributed by atoms with Crippen molar-refractivity contribution in [3.63, 3.8) is 0 Å². The largest absolute Gasteiger partial charge is 0.379 e. The first kappa shape index (κ1) is 12.7. The average molecular weight is 258 g/mol. The molecule has 1 aliphatic heterocycles. The molecule has 1 fully saturated rings. The van der Waals surface area contributed by atoms with Gasteiger partial charge in [-0.15, -0.1) is 0 Å². The minimum Gasteiger partial charge on any atom is -0.379 e. The summed E-state index contributed by atoms with van der Waals surface area (Å²) in [5, 5.41) is 5.43. The van der Waals surface area contributed by atoms with Crippen molar-refractivity contribution in [2.45, 2.75) is 25.3 Å². The first-order valence-corrected chi connectivity index (χ1v) is 5.74. The molecule has 1 aromatic carbocycles. The smallest absolute Gasteiger partial charge is 0.222 e. The van der Waals surface area contributed by atoms with Crippen molar-refractivity contribution in [1.82, 2.24) is 5.32 Å². The standard InChI is InChI=1S/C12H13F3N2O/c13-8-3-4-9(12(15)11(8)14)17-7-2-1-5-16-10(18)6-7/h3-4,7,17H,1-2,5-6H2,(H,16,18). The number of rotatable bonds is 2. The zero-order chi connectivity index (χ0) is 13.1. The lowest BCUT2D eigenvalue weighted by Crippen LogP contribution is -2.27. The van der Waals surface area contributed by atoms with Crippen LogP contribution in [0.25, 0.3) is 0 Å². The zero-order valence-corrected chi connectivity index (χ0v) is 9.60. The van der Waals surface area contributed by atoms with E-state index in [9.17, 15) is 18.0 Å². The van der Waals surface area contributed by atoms with Gasteiger partial charge < -0.3 is 10.6 Å². The van der Waals surface area contributed by atoms with Gasteiger partial charge in [-0.2, -0.15) is 0 Å². The van der Waals surface area contributed by atoms with Gasteiger partial charge in [0.25, 0.3) is 0 Å². The maximum atomic E-state index is 13.4. The summed E-state index contributed by atoms with van der Waals surface area (Å²) >= 11 is 0. The van der Waals surface area contributed by atoms with Gasteiger partial charge in [0.05, 0.1) is 5.69 Å². The molecule has 0 aromatic heterocycles. The Bertz CT molecular complexity index is 465. The Labute approximate surface area is 102 Å². The third kappa shape index (κ3) is 2.75. The molecule has 0 radical (unpaired) electrons. The van der Waals surface area contributed by atoms with Crippen LogP contribution in [-0.4, -0.2) is 18.5 Å². The second-order valence-electron chi connectivity index (χ2n) is 4.26. The molecule has 1 aliphatic rings. The maximum absolute atomic E-state index is 13.4. The normalized spacial score (nSPS) is 20.2. The van der Waals surface area contributed by atoms with Crippen LogP contribution >= 0.6 is 0 Å². The molecular formula is C12H13F3N2O. The number of carbonyl (C=O) groups is 1. The van der Waals surface area contributed by atoms with Crippen molar-refractivity contribution < 1.29 is 18.0 Å². The molecule has 0 bridgehead atoms. The van der Waals surface area contributed by atoms with E-state index in [4.69, 9.17) is 0 Å². The molecule has 6 heteroatoms. The van der Waals surface area contributed by atoms with Crippen LogP contribution in [0.2, 0.25) is 0 Å². The molecule has 98 valence electrons. The van der Waals surface area contributed by atoms with Gasteiger partial charge in [0.1, 0.15) is 0 Å². The Morgan fingerprint density at radius 3 is 2.78 bits per heavy atom. The summed E-state index contributed by atoms with van der Waals surface area (Å²) in [6.07, 6.45) is 1.62. The summed E-state index contributed by atoms with van der Waals surface area (Å²) in [6, 6.07) is 1.72. The fourth-order valence-electron chi connectivity index (χ4n) is 1.95. The number of nitrogens with one attached hydrogen (secondary N) is 2. The number of anilines is 1. The first-order valence-electron chi connectivity index (χ1n) is 5.74. The van der Waals surface area contributed by atoms with Gasteiger partial charge in [-0.05, 0) is 25.0 Å². The summed E-state index contributed by atoms with van der Waals surface area (Å²) in [5.74, 6) is -4.11. The molecule has 1 saturated heterocycles. The van der Waals surface area contributed by atoms with E-state index < -0.39 is 17.5 Å². The van der Waals surface area contributed by atoms with Gasteiger partial charge in [0, 0.05) is 19.0 Å². The quantitative estimate of drug-likeness (QED) is 0.798. The van der Waals surface area contributed by atoms with Crippen LogP contribution in [-0.2, 0) is 4.79 Å². The van der Waals surface area contributed by atoms with Crippen molar-refractivity contribution in [3.8, 4) is 0 Å². The lowest BCUT2D eigenvalue weighted by molar-refractivity contribution is -0.120. The topological polar surface area (TPSA) is 41.1 Å². The van der Waals surface area contributed by atoms with Gasteiger partial charge in [-0.3, -0.25) is 4.79 Å². The highest BCUT2D eigenvalue weighted by atomic mass is 19.2. The molecule has 18 heavy (non-hydrogen) atoms. The van der Waals surface area contributed by atoms with Gasteiger partial charge in [0.15, 0.2) is 17.5 Å². The van der Waals surface area contributed by atoms with E-state index in [2.05, 4.69) is 10.6 Å². The number of amides is 1. The second kappa shape index (κ2) is 5.29. The summed E-state index contributed by atoms with van der Waals surface area (Å²) in [5.41, 5.74) is -0.117. The molecule has 1 aromatic rings. The Morgan fingerprint density at radius 2 is 2.00 bits per heavy atom. The van der Waals surface area contributed by atoms with Crippen LogP contribution in [0.1, 0.15) is 19.3 Å². The lowest BCUT2D eigenvalue weighted by atomic mass is 10.1. The molecule has 1 unspecified atom stereocenters. The summed E-state index contributed by atoms with van der Waals surface area (Å²) in [4.78, 5) is 11.3. The number of benzene rings is 1. The van der Waals surface area contributed by atoms with Crippen molar-refractivity contribution in [2.24, 2.45) is 0 Å². The molecule has 1 atom stereocenters. The Hall–Kier alpha value is -1.72. The van der Waals surface area contributed by atoms with E-state index in [-0.39, 0.29) is 24.1 Å². The third-order valence-electron chi connectivity index (χ3n) is 2.88. The Balaban J connectivity index is 2.13. The highest BCUT2D eigenvalue weighted by Crippen LogP contribution is 2.22. The average Bonchev–Trinajstić information content (AvgIpc) is 2.54. The van der Waals surface area contributed by atoms with Gasteiger partial charge in [-0.25, -0.2) is 13.2 Å². The highest BCUT2D eigenvalue weighted by molar-refractivity contribution is 5.77. The fraction of sp³-hybridized carbons (Fsp3) is 0.417.